The average Bonchev–Trinajstić information content (AvgIpc) is 3.55. The van der Waals surface area contributed by atoms with E-state index in [2.05, 4.69) is 120 Å². The van der Waals surface area contributed by atoms with E-state index in [9.17, 15) is 5.26 Å². The van der Waals surface area contributed by atoms with Crippen LogP contribution < -0.4 is 0 Å². The Morgan fingerprint density at radius 2 is 1.20 bits per heavy atom. The van der Waals surface area contributed by atoms with Crippen LogP contribution in [-0.4, -0.2) is 4.57 Å². The van der Waals surface area contributed by atoms with Gasteiger partial charge in [0, 0.05) is 21.7 Å². The number of aromatic nitrogens is 1. The van der Waals surface area contributed by atoms with Gasteiger partial charge in [0.25, 0.3) is 0 Å². The molecule has 0 radical (unpaired) electrons. The highest BCUT2D eigenvalue weighted by atomic mass is 15.0. The van der Waals surface area contributed by atoms with Gasteiger partial charge in [0.05, 0.1) is 28.4 Å². The molecule has 188 valence electrons. The molecule has 0 fully saturated rings. The van der Waals surface area contributed by atoms with Gasteiger partial charge in [0.2, 0.25) is 0 Å². The minimum absolute atomic E-state index is 0.671. The van der Waals surface area contributed by atoms with E-state index in [4.69, 9.17) is 0 Å². The van der Waals surface area contributed by atoms with Crippen molar-refractivity contribution in [3.05, 3.63) is 139 Å². The molecular weight excluding hydrogens is 496 g/mol. The third-order valence-electron chi connectivity index (χ3n) is 8.77. The van der Waals surface area contributed by atoms with Crippen molar-refractivity contribution in [3.8, 4) is 45.1 Å². The lowest BCUT2D eigenvalue weighted by Crippen LogP contribution is -1.98. The van der Waals surface area contributed by atoms with Gasteiger partial charge in [-0.25, -0.2) is 0 Å². The first kappa shape index (κ1) is 22.2. The zero-order chi connectivity index (χ0) is 27.1. The van der Waals surface area contributed by atoms with E-state index < -0.39 is 0 Å². The molecule has 0 unspecified atom stereocenters. The van der Waals surface area contributed by atoms with E-state index in [1.165, 1.54) is 71.3 Å². The molecule has 0 aliphatic heterocycles. The zero-order valence-electron chi connectivity index (χ0n) is 22.1. The van der Waals surface area contributed by atoms with Crippen LogP contribution in [0.25, 0.3) is 82.4 Å². The largest absolute Gasteiger partial charge is 0.308 e. The van der Waals surface area contributed by atoms with E-state index >= 15 is 0 Å². The standard InChI is InChI=1S/C39H22N2/c40-23-24-15-17-25(18-16-24)27-21-22-36(29-10-2-1-9-28(27)29)41-35-14-4-3-11-30(35)33-20-19-32-31-12-5-7-26-8-6-13-34(37(26)31)38(32)39(33)41/h1-22H. The summed E-state index contributed by atoms with van der Waals surface area (Å²) in [5.74, 6) is 0. The van der Waals surface area contributed by atoms with Crippen molar-refractivity contribution < 1.29 is 0 Å². The number of hydrogen-bond acceptors (Lipinski definition) is 1. The monoisotopic (exact) mass is 518 g/mol. The second-order valence-electron chi connectivity index (χ2n) is 10.8. The molecule has 0 N–H and O–H groups in total. The molecule has 7 aromatic carbocycles. The predicted octanol–water partition coefficient (Wildman–Crippen LogP) is 10.3. The van der Waals surface area contributed by atoms with Crippen molar-refractivity contribution >= 4 is 43.4 Å². The minimum Gasteiger partial charge on any atom is -0.308 e. The minimum atomic E-state index is 0.671. The fraction of sp³-hybridized carbons (Fsp3) is 0. The Labute approximate surface area is 237 Å². The fourth-order valence-corrected chi connectivity index (χ4v) is 7.03. The van der Waals surface area contributed by atoms with Gasteiger partial charge in [-0.1, -0.05) is 109 Å². The summed E-state index contributed by atoms with van der Waals surface area (Å²) in [5, 5.41) is 16.8. The second kappa shape index (κ2) is 8.18. The molecule has 2 nitrogen and oxygen atoms in total. The molecule has 1 aromatic heterocycles. The third-order valence-corrected chi connectivity index (χ3v) is 8.77. The van der Waals surface area contributed by atoms with Crippen LogP contribution in [0.3, 0.4) is 0 Å². The van der Waals surface area contributed by atoms with Crippen molar-refractivity contribution in [2.45, 2.75) is 0 Å². The molecule has 2 heteroatoms. The second-order valence-corrected chi connectivity index (χ2v) is 10.8. The van der Waals surface area contributed by atoms with Crippen LogP contribution in [0, 0.1) is 11.3 Å². The first-order valence-corrected chi connectivity index (χ1v) is 13.9. The van der Waals surface area contributed by atoms with Crippen LogP contribution in [0.5, 0.6) is 0 Å². The molecule has 9 rings (SSSR count). The number of hydrogen-bond donors (Lipinski definition) is 0. The van der Waals surface area contributed by atoms with Gasteiger partial charge in [0.1, 0.15) is 0 Å². The first-order chi connectivity index (χ1) is 20.3. The Hall–Kier alpha value is -5.65. The molecule has 0 bridgehead atoms. The number of rotatable bonds is 2. The van der Waals surface area contributed by atoms with Gasteiger partial charge >= 0.3 is 0 Å². The smallest absolute Gasteiger partial charge is 0.0991 e. The Bertz CT molecular complexity index is 2410. The summed E-state index contributed by atoms with van der Waals surface area (Å²) in [4.78, 5) is 0. The zero-order valence-corrected chi connectivity index (χ0v) is 22.1. The molecule has 8 aromatic rings. The number of benzene rings is 7. The van der Waals surface area contributed by atoms with Crippen LogP contribution in [0.15, 0.2) is 133 Å². The maximum Gasteiger partial charge on any atom is 0.0991 e. The van der Waals surface area contributed by atoms with Gasteiger partial charge < -0.3 is 4.57 Å². The molecular formula is C39H22N2. The number of fused-ring (bicyclic) bond motifs is 8. The summed E-state index contributed by atoms with van der Waals surface area (Å²) in [6.07, 6.45) is 0. The van der Waals surface area contributed by atoms with E-state index in [0.29, 0.717) is 5.56 Å². The maximum atomic E-state index is 9.30. The van der Waals surface area contributed by atoms with Crippen molar-refractivity contribution in [1.29, 1.82) is 5.26 Å². The first-order valence-electron chi connectivity index (χ1n) is 13.9. The fourth-order valence-electron chi connectivity index (χ4n) is 7.03. The van der Waals surface area contributed by atoms with Gasteiger partial charge in [-0.3, -0.25) is 0 Å². The Morgan fingerprint density at radius 1 is 0.488 bits per heavy atom. The Balaban J connectivity index is 1.42. The van der Waals surface area contributed by atoms with Crippen LogP contribution in [0.1, 0.15) is 5.56 Å². The summed E-state index contributed by atoms with van der Waals surface area (Å²) < 4.78 is 2.49. The van der Waals surface area contributed by atoms with E-state index in [1.54, 1.807) is 0 Å². The molecule has 0 amide bonds. The number of nitrogens with zero attached hydrogens (tertiary/aromatic N) is 2. The molecule has 0 atom stereocenters. The summed E-state index contributed by atoms with van der Waals surface area (Å²) in [7, 11) is 0. The quantitative estimate of drug-likeness (QED) is 0.224. The van der Waals surface area contributed by atoms with E-state index in [1.807, 2.05) is 24.3 Å². The van der Waals surface area contributed by atoms with Gasteiger partial charge in [-0.05, 0) is 68.2 Å². The van der Waals surface area contributed by atoms with Crippen LogP contribution in [-0.2, 0) is 0 Å². The molecule has 1 aliphatic carbocycles. The van der Waals surface area contributed by atoms with Crippen LogP contribution in [0.4, 0.5) is 0 Å². The summed E-state index contributed by atoms with van der Waals surface area (Å²) in [5.41, 5.74) is 11.8. The lowest BCUT2D eigenvalue weighted by Gasteiger charge is -2.16. The summed E-state index contributed by atoms with van der Waals surface area (Å²) in [6, 6.07) is 50.0. The Kier molecular flexibility index (Phi) is 4.43. The van der Waals surface area contributed by atoms with Crippen LogP contribution >= 0.6 is 0 Å². The predicted molar refractivity (Wildman–Crippen MR) is 170 cm³/mol. The Morgan fingerprint density at radius 3 is 2.00 bits per heavy atom. The molecule has 1 aliphatic rings. The highest BCUT2D eigenvalue weighted by Crippen LogP contribution is 2.52. The van der Waals surface area contributed by atoms with Crippen molar-refractivity contribution in [1.82, 2.24) is 4.57 Å². The van der Waals surface area contributed by atoms with E-state index in [0.717, 1.165) is 11.1 Å². The molecule has 0 saturated carbocycles. The van der Waals surface area contributed by atoms with Gasteiger partial charge in [-0.15, -0.1) is 0 Å². The third kappa shape index (κ3) is 2.95. The highest BCUT2D eigenvalue weighted by Gasteiger charge is 2.27. The maximum absolute atomic E-state index is 9.30. The van der Waals surface area contributed by atoms with Crippen molar-refractivity contribution in [2.24, 2.45) is 0 Å². The van der Waals surface area contributed by atoms with Gasteiger partial charge in [0.15, 0.2) is 0 Å². The van der Waals surface area contributed by atoms with Crippen molar-refractivity contribution in [3.63, 3.8) is 0 Å². The molecule has 0 saturated heterocycles. The lowest BCUT2D eigenvalue weighted by molar-refractivity contribution is 1.20. The molecule has 1 heterocycles. The normalized spacial score (nSPS) is 11.9. The summed E-state index contributed by atoms with van der Waals surface area (Å²) >= 11 is 0. The molecule has 41 heavy (non-hydrogen) atoms. The SMILES string of the molecule is N#Cc1ccc(-c2ccc(-n3c4ccccc4c4ccc5c(c43)-c3cccc4cccc-5c34)c3ccccc23)cc1. The average molecular weight is 519 g/mol. The topological polar surface area (TPSA) is 28.7 Å². The highest BCUT2D eigenvalue weighted by molar-refractivity contribution is 6.25. The lowest BCUT2D eigenvalue weighted by atomic mass is 9.96. The van der Waals surface area contributed by atoms with Gasteiger partial charge in [-0.2, -0.15) is 5.26 Å². The summed E-state index contributed by atoms with van der Waals surface area (Å²) in [6.45, 7) is 0. The van der Waals surface area contributed by atoms with Crippen molar-refractivity contribution in [2.75, 3.05) is 0 Å². The number of nitriles is 1. The number of para-hydroxylation sites is 1. The molecule has 0 spiro atoms. The van der Waals surface area contributed by atoms with Crippen LogP contribution in [0.2, 0.25) is 0 Å². The van der Waals surface area contributed by atoms with E-state index in [-0.39, 0.29) is 0 Å².